The molecule has 0 spiro atoms. The minimum absolute atomic E-state index is 0.180. The number of likely N-dealkylation sites (N-methyl/N-ethyl adjacent to an activating group) is 1. The average Bonchev–Trinajstić information content (AvgIpc) is 2.64. The van der Waals surface area contributed by atoms with E-state index >= 15 is 0 Å². The van der Waals surface area contributed by atoms with Crippen LogP contribution in [0.5, 0.6) is 5.75 Å². The standard InChI is InChI=1S/C21H35N2O6P/c1-15(2)29-21(25)18(5)22-30(14-26-7)23(6)11-20(28-13-24)12-27-19-9-16(3)8-17(4)10-19/h8-10,13,15,18,20,22H,11-12,14H2,1-7H3. The second-order valence-electron chi connectivity index (χ2n) is 7.48. The van der Waals surface area contributed by atoms with Gasteiger partial charge in [0.2, 0.25) is 0 Å². The van der Waals surface area contributed by atoms with E-state index in [1.54, 1.807) is 14.0 Å². The molecule has 30 heavy (non-hydrogen) atoms. The number of nitrogens with one attached hydrogen (secondary N) is 1. The predicted molar refractivity (Wildman–Crippen MR) is 118 cm³/mol. The highest BCUT2D eigenvalue weighted by atomic mass is 31.1. The van der Waals surface area contributed by atoms with Gasteiger partial charge in [-0.05, 0) is 64.9 Å². The van der Waals surface area contributed by atoms with Crippen molar-refractivity contribution in [1.82, 2.24) is 9.76 Å². The van der Waals surface area contributed by atoms with E-state index in [0.717, 1.165) is 16.9 Å². The van der Waals surface area contributed by atoms with Gasteiger partial charge in [-0.2, -0.15) is 0 Å². The highest BCUT2D eigenvalue weighted by molar-refractivity contribution is 7.52. The molecule has 0 heterocycles. The van der Waals surface area contributed by atoms with Gasteiger partial charge < -0.3 is 18.9 Å². The summed E-state index contributed by atoms with van der Waals surface area (Å²) in [5, 5.41) is 3.27. The number of hydrogen-bond donors (Lipinski definition) is 1. The number of esters is 1. The van der Waals surface area contributed by atoms with E-state index < -0.39 is 20.4 Å². The molecule has 8 nitrogen and oxygen atoms in total. The maximum atomic E-state index is 12.1. The third kappa shape index (κ3) is 9.85. The number of ether oxygens (including phenoxy) is 4. The van der Waals surface area contributed by atoms with Crippen molar-refractivity contribution in [3.05, 3.63) is 29.3 Å². The van der Waals surface area contributed by atoms with Gasteiger partial charge in [0.15, 0.2) is 0 Å². The molecule has 0 bridgehead atoms. The maximum Gasteiger partial charge on any atom is 0.323 e. The summed E-state index contributed by atoms with van der Waals surface area (Å²) >= 11 is 0. The van der Waals surface area contributed by atoms with Crippen LogP contribution in [0, 0.1) is 13.8 Å². The number of rotatable bonds is 14. The van der Waals surface area contributed by atoms with Crippen LogP contribution in [-0.4, -0.2) is 69.0 Å². The highest BCUT2D eigenvalue weighted by Crippen LogP contribution is 2.35. The number of nitrogens with zero attached hydrogens (tertiary/aromatic N) is 1. The Kier molecular flexibility index (Phi) is 11.9. The van der Waals surface area contributed by atoms with Crippen molar-refractivity contribution >= 4 is 20.7 Å². The topological polar surface area (TPSA) is 86.3 Å². The van der Waals surface area contributed by atoms with E-state index in [1.807, 2.05) is 51.5 Å². The average molecular weight is 442 g/mol. The van der Waals surface area contributed by atoms with Crippen molar-refractivity contribution in [3.8, 4) is 5.75 Å². The molecule has 1 aromatic rings. The molecule has 0 aromatic heterocycles. The molecule has 1 aromatic carbocycles. The van der Waals surface area contributed by atoms with E-state index in [2.05, 4.69) is 11.2 Å². The highest BCUT2D eigenvalue weighted by Gasteiger charge is 2.25. The molecular weight excluding hydrogens is 407 g/mol. The summed E-state index contributed by atoms with van der Waals surface area (Å²) in [5.74, 6) is 0.415. The van der Waals surface area contributed by atoms with Crippen molar-refractivity contribution in [2.24, 2.45) is 0 Å². The van der Waals surface area contributed by atoms with E-state index in [9.17, 15) is 9.59 Å². The zero-order valence-electron chi connectivity index (χ0n) is 19.0. The zero-order chi connectivity index (χ0) is 22.7. The van der Waals surface area contributed by atoms with E-state index in [-0.39, 0.29) is 18.7 Å². The largest absolute Gasteiger partial charge is 0.490 e. The second-order valence-corrected chi connectivity index (χ2v) is 9.48. The molecule has 3 unspecified atom stereocenters. The predicted octanol–water partition coefficient (Wildman–Crippen LogP) is 3.00. The Bertz CT molecular complexity index is 653. The fourth-order valence-electron chi connectivity index (χ4n) is 2.78. The van der Waals surface area contributed by atoms with E-state index in [0.29, 0.717) is 19.4 Å². The van der Waals surface area contributed by atoms with Crippen molar-refractivity contribution in [2.45, 2.75) is 52.9 Å². The molecule has 0 saturated carbocycles. The second kappa shape index (κ2) is 13.5. The van der Waals surface area contributed by atoms with Crippen molar-refractivity contribution in [1.29, 1.82) is 0 Å². The van der Waals surface area contributed by atoms with E-state index in [1.165, 1.54) is 0 Å². The van der Waals surface area contributed by atoms with Crippen LogP contribution in [0.3, 0.4) is 0 Å². The molecule has 170 valence electrons. The molecule has 0 aliphatic rings. The normalized spacial score (nSPS) is 14.3. The minimum Gasteiger partial charge on any atom is -0.490 e. The fourth-order valence-corrected chi connectivity index (χ4v) is 4.42. The lowest BCUT2D eigenvalue weighted by Crippen LogP contribution is -2.40. The van der Waals surface area contributed by atoms with Gasteiger partial charge in [0.25, 0.3) is 6.47 Å². The number of hydrogen-bond acceptors (Lipinski definition) is 8. The first-order chi connectivity index (χ1) is 14.2. The molecule has 0 fully saturated rings. The molecule has 0 amide bonds. The Balaban J connectivity index is 2.72. The van der Waals surface area contributed by atoms with Gasteiger partial charge in [-0.15, -0.1) is 0 Å². The molecular formula is C21H35N2O6P. The quantitative estimate of drug-likeness (QED) is 0.267. The monoisotopic (exact) mass is 442 g/mol. The van der Waals surface area contributed by atoms with Crippen LogP contribution in [0.1, 0.15) is 31.9 Å². The van der Waals surface area contributed by atoms with Gasteiger partial charge in [-0.25, -0.2) is 0 Å². The molecule has 0 radical (unpaired) electrons. The Labute approximate surface area is 181 Å². The van der Waals surface area contributed by atoms with Gasteiger partial charge in [-0.1, -0.05) is 6.07 Å². The number of methoxy groups -OCH3 is 1. The number of benzene rings is 1. The first-order valence-corrected chi connectivity index (χ1v) is 11.4. The van der Waals surface area contributed by atoms with Crippen molar-refractivity contribution in [3.63, 3.8) is 0 Å². The first kappa shape index (κ1) is 26.3. The summed E-state index contributed by atoms with van der Waals surface area (Å²) < 4.78 is 23.6. The summed E-state index contributed by atoms with van der Waals surface area (Å²) in [6.07, 6.45) is -0.257. The van der Waals surface area contributed by atoms with E-state index in [4.69, 9.17) is 18.9 Å². The Morgan fingerprint density at radius 3 is 2.37 bits per heavy atom. The summed E-state index contributed by atoms with van der Waals surface area (Å²) in [4.78, 5) is 23.1. The van der Waals surface area contributed by atoms with Crippen LogP contribution in [0.25, 0.3) is 0 Å². The molecule has 0 saturated heterocycles. The third-order valence-corrected chi connectivity index (χ3v) is 6.23. The molecule has 3 atom stereocenters. The first-order valence-electron chi connectivity index (χ1n) is 9.90. The van der Waals surface area contributed by atoms with Crippen LogP contribution < -0.4 is 9.82 Å². The lowest BCUT2D eigenvalue weighted by Gasteiger charge is -2.32. The van der Waals surface area contributed by atoms with Gasteiger partial charge in [0, 0.05) is 13.7 Å². The van der Waals surface area contributed by atoms with Gasteiger partial charge in [-0.3, -0.25) is 19.3 Å². The fraction of sp³-hybridized carbons (Fsp3) is 0.619. The number of carbonyl (C=O) groups is 2. The van der Waals surface area contributed by atoms with Crippen LogP contribution in [-0.2, 0) is 23.8 Å². The Hall–Kier alpha value is -1.73. The van der Waals surface area contributed by atoms with Gasteiger partial charge in [0.05, 0.1) is 20.7 Å². The lowest BCUT2D eigenvalue weighted by atomic mass is 10.1. The summed E-state index contributed by atoms with van der Waals surface area (Å²) in [5.41, 5.74) is 2.20. The van der Waals surface area contributed by atoms with Crippen LogP contribution >= 0.6 is 8.22 Å². The molecule has 0 aliphatic carbocycles. The van der Waals surface area contributed by atoms with Gasteiger partial charge >= 0.3 is 5.97 Å². The molecule has 9 heteroatoms. The van der Waals surface area contributed by atoms with Gasteiger partial charge in [0.1, 0.15) is 24.5 Å². The molecule has 0 aliphatic heterocycles. The Morgan fingerprint density at radius 2 is 1.83 bits per heavy atom. The lowest BCUT2D eigenvalue weighted by molar-refractivity contribution is -0.148. The number of carbonyl (C=O) groups excluding carboxylic acids is 2. The smallest absolute Gasteiger partial charge is 0.323 e. The van der Waals surface area contributed by atoms with Crippen molar-refractivity contribution in [2.75, 3.05) is 33.7 Å². The molecule has 1 rings (SSSR count). The number of aryl methyl sites for hydroxylation is 2. The van der Waals surface area contributed by atoms with Crippen LogP contribution in [0.15, 0.2) is 18.2 Å². The summed E-state index contributed by atoms with van der Waals surface area (Å²) in [7, 11) is 2.46. The minimum atomic E-state index is -1.03. The zero-order valence-corrected chi connectivity index (χ0v) is 19.9. The van der Waals surface area contributed by atoms with Crippen LogP contribution in [0.4, 0.5) is 0 Å². The maximum absolute atomic E-state index is 12.1. The third-order valence-electron chi connectivity index (χ3n) is 4.06. The molecule has 1 N–H and O–H groups in total. The summed E-state index contributed by atoms with van der Waals surface area (Å²) in [6.45, 7) is 10.4. The van der Waals surface area contributed by atoms with Crippen molar-refractivity contribution < 1.29 is 28.5 Å². The Morgan fingerprint density at radius 1 is 1.20 bits per heavy atom. The summed E-state index contributed by atoms with van der Waals surface area (Å²) in [6, 6.07) is 5.45. The van der Waals surface area contributed by atoms with Crippen LogP contribution in [0.2, 0.25) is 0 Å². The SMILES string of the molecule is COCP(NC(C)C(=O)OC(C)C)N(C)CC(COc1cc(C)cc(C)c1)OC=O.